The lowest BCUT2D eigenvalue weighted by Gasteiger charge is -2.26. The second kappa shape index (κ2) is 3.67. The maximum atomic E-state index is 11.8. The molecule has 86 valence electrons. The van der Waals surface area contributed by atoms with E-state index in [0.29, 0.717) is 12.1 Å². The summed E-state index contributed by atoms with van der Waals surface area (Å²) >= 11 is 0. The van der Waals surface area contributed by atoms with Crippen molar-refractivity contribution in [2.45, 2.75) is 51.3 Å². The van der Waals surface area contributed by atoms with Crippen molar-refractivity contribution in [3.63, 3.8) is 0 Å². The van der Waals surface area contributed by atoms with Crippen LogP contribution in [0, 0.1) is 0 Å². The number of hydrogen-bond acceptors (Lipinski definition) is 3. The molecule has 1 amide bonds. The standard InChI is InChI=1S/C11H20N2O2/c1-11(2,3)15-10(14)13-6-4-8-9(12-8)5-7-13/h8-9,12H,4-7H2,1-3H3. The van der Waals surface area contributed by atoms with Gasteiger partial charge in [-0.2, -0.15) is 0 Å². The van der Waals surface area contributed by atoms with Gasteiger partial charge in [-0.25, -0.2) is 4.79 Å². The second-order valence-electron chi connectivity index (χ2n) is 5.42. The van der Waals surface area contributed by atoms with E-state index < -0.39 is 0 Å². The van der Waals surface area contributed by atoms with E-state index >= 15 is 0 Å². The summed E-state index contributed by atoms with van der Waals surface area (Å²) in [6.07, 6.45) is 1.96. The monoisotopic (exact) mass is 212 g/mol. The summed E-state index contributed by atoms with van der Waals surface area (Å²) in [7, 11) is 0. The molecule has 0 aromatic carbocycles. The fraction of sp³-hybridized carbons (Fsp3) is 0.909. The summed E-state index contributed by atoms with van der Waals surface area (Å²) in [6, 6.07) is 1.30. The number of fused-ring (bicyclic) bond motifs is 1. The van der Waals surface area contributed by atoms with Gasteiger partial charge in [0, 0.05) is 25.2 Å². The van der Waals surface area contributed by atoms with E-state index in [1.54, 1.807) is 0 Å². The molecule has 2 saturated heterocycles. The summed E-state index contributed by atoms with van der Waals surface area (Å²) in [6.45, 7) is 7.36. The minimum atomic E-state index is -0.384. The van der Waals surface area contributed by atoms with Gasteiger partial charge in [0.05, 0.1) is 0 Å². The molecule has 0 saturated carbocycles. The molecular weight excluding hydrogens is 192 g/mol. The topological polar surface area (TPSA) is 51.5 Å². The molecule has 0 aromatic rings. The molecule has 4 nitrogen and oxygen atoms in total. The van der Waals surface area contributed by atoms with Crippen molar-refractivity contribution >= 4 is 6.09 Å². The molecule has 2 atom stereocenters. The first-order valence-corrected chi connectivity index (χ1v) is 5.70. The van der Waals surface area contributed by atoms with E-state index in [0.717, 1.165) is 25.9 Å². The van der Waals surface area contributed by atoms with Crippen LogP contribution in [0.4, 0.5) is 4.79 Å². The Morgan fingerprint density at radius 3 is 2.27 bits per heavy atom. The highest BCUT2D eigenvalue weighted by atomic mass is 16.6. The minimum absolute atomic E-state index is 0.163. The third-order valence-electron chi connectivity index (χ3n) is 2.88. The lowest BCUT2D eigenvalue weighted by Crippen LogP contribution is -2.38. The quantitative estimate of drug-likeness (QED) is 0.617. The average Bonchev–Trinajstić information content (AvgIpc) is 2.75. The van der Waals surface area contributed by atoms with Crippen molar-refractivity contribution in [2.75, 3.05) is 13.1 Å². The molecule has 2 heterocycles. The van der Waals surface area contributed by atoms with Crippen LogP contribution in [0.3, 0.4) is 0 Å². The van der Waals surface area contributed by atoms with Crippen molar-refractivity contribution in [1.29, 1.82) is 0 Å². The molecule has 2 aliphatic heterocycles. The Kier molecular flexibility index (Phi) is 2.63. The van der Waals surface area contributed by atoms with Crippen LogP contribution in [-0.2, 0) is 4.74 Å². The first kappa shape index (κ1) is 10.7. The maximum Gasteiger partial charge on any atom is 0.410 e. The van der Waals surface area contributed by atoms with Gasteiger partial charge in [0.1, 0.15) is 5.60 Å². The van der Waals surface area contributed by atoms with E-state index in [1.807, 2.05) is 25.7 Å². The van der Waals surface area contributed by atoms with Crippen molar-refractivity contribution in [2.24, 2.45) is 0 Å². The van der Waals surface area contributed by atoms with Crippen LogP contribution in [0.25, 0.3) is 0 Å². The summed E-state index contributed by atoms with van der Waals surface area (Å²) in [5.74, 6) is 0. The Bertz CT molecular complexity index is 248. The van der Waals surface area contributed by atoms with Gasteiger partial charge < -0.3 is 15.0 Å². The first-order valence-electron chi connectivity index (χ1n) is 5.70. The highest BCUT2D eigenvalue weighted by Gasteiger charge is 2.39. The van der Waals surface area contributed by atoms with Crippen LogP contribution in [0.5, 0.6) is 0 Å². The summed E-state index contributed by atoms with van der Waals surface area (Å²) < 4.78 is 5.35. The fourth-order valence-electron chi connectivity index (χ4n) is 2.00. The van der Waals surface area contributed by atoms with Crippen molar-refractivity contribution < 1.29 is 9.53 Å². The van der Waals surface area contributed by atoms with Crippen molar-refractivity contribution in [3.05, 3.63) is 0 Å². The molecule has 0 aliphatic carbocycles. The van der Waals surface area contributed by atoms with E-state index in [-0.39, 0.29) is 11.7 Å². The third-order valence-corrected chi connectivity index (χ3v) is 2.88. The lowest BCUT2D eigenvalue weighted by atomic mass is 10.2. The maximum absolute atomic E-state index is 11.8. The summed E-state index contributed by atoms with van der Waals surface area (Å²) in [5.41, 5.74) is -0.384. The minimum Gasteiger partial charge on any atom is -0.444 e. The molecule has 15 heavy (non-hydrogen) atoms. The zero-order valence-corrected chi connectivity index (χ0v) is 9.75. The Labute approximate surface area is 91.0 Å². The molecule has 2 fully saturated rings. The number of rotatable bonds is 0. The van der Waals surface area contributed by atoms with E-state index in [2.05, 4.69) is 5.32 Å². The molecule has 2 aliphatic rings. The van der Waals surface area contributed by atoms with Crippen LogP contribution in [0.2, 0.25) is 0 Å². The number of nitrogens with zero attached hydrogens (tertiary/aromatic N) is 1. The van der Waals surface area contributed by atoms with Gasteiger partial charge in [-0.05, 0) is 33.6 Å². The van der Waals surface area contributed by atoms with E-state index in [4.69, 9.17) is 4.74 Å². The van der Waals surface area contributed by atoms with Crippen LogP contribution < -0.4 is 5.32 Å². The number of carbonyl (C=O) groups excluding carboxylic acids is 1. The van der Waals surface area contributed by atoms with Gasteiger partial charge in [0.25, 0.3) is 0 Å². The number of carbonyl (C=O) groups is 1. The molecule has 0 radical (unpaired) electrons. The molecule has 0 spiro atoms. The molecule has 4 heteroatoms. The number of ether oxygens (including phenoxy) is 1. The largest absolute Gasteiger partial charge is 0.444 e. The number of likely N-dealkylation sites (tertiary alicyclic amines) is 1. The van der Waals surface area contributed by atoms with Crippen LogP contribution in [0.15, 0.2) is 0 Å². The SMILES string of the molecule is CC(C)(C)OC(=O)N1CCC2NC2CC1. The number of amides is 1. The lowest BCUT2D eigenvalue weighted by molar-refractivity contribution is 0.0253. The van der Waals surface area contributed by atoms with Crippen molar-refractivity contribution in [1.82, 2.24) is 10.2 Å². The molecule has 0 bridgehead atoms. The Morgan fingerprint density at radius 1 is 1.27 bits per heavy atom. The fourth-order valence-corrected chi connectivity index (χ4v) is 2.00. The smallest absolute Gasteiger partial charge is 0.410 e. The molecular formula is C11H20N2O2. The van der Waals surface area contributed by atoms with E-state index in [9.17, 15) is 4.79 Å². The highest BCUT2D eigenvalue weighted by Crippen LogP contribution is 2.23. The number of nitrogens with one attached hydrogen (secondary N) is 1. The Balaban J connectivity index is 1.84. The summed E-state index contributed by atoms with van der Waals surface area (Å²) in [4.78, 5) is 13.6. The normalized spacial score (nSPS) is 30.5. The molecule has 0 aromatic heterocycles. The predicted molar refractivity (Wildman–Crippen MR) is 57.8 cm³/mol. The van der Waals surface area contributed by atoms with Crippen LogP contribution >= 0.6 is 0 Å². The van der Waals surface area contributed by atoms with E-state index in [1.165, 1.54) is 0 Å². The van der Waals surface area contributed by atoms with Crippen molar-refractivity contribution in [3.8, 4) is 0 Å². The zero-order valence-electron chi connectivity index (χ0n) is 9.75. The molecule has 1 N–H and O–H groups in total. The van der Waals surface area contributed by atoms with Crippen LogP contribution in [0.1, 0.15) is 33.6 Å². The average molecular weight is 212 g/mol. The first-order chi connectivity index (χ1) is 6.96. The zero-order chi connectivity index (χ0) is 11.1. The third kappa shape index (κ3) is 2.84. The van der Waals surface area contributed by atoms with Gasteiger partial charge in [0.2, 0.25) is 0 Å². The molecule has 2 rings (SSSR count). The van der Waals surface area contributed by atoms with Gasteiger partial charge in [0.15, 0.2) is 0 Å². The van der Waals surface area contributed by atoms with Gasteiger partial charge >= 0.3 is 6.09 Å². The Hall–Kier alpha value is -0.770. The second-order valence-corrected chi connectivity index (χ2v) is 5.42. The predicted octanol–water partition coefficient (Wildman–Crippen LogP) is 1.36. The van der Waals surface area contributed by atoms with Gasteiger partial charge in [-0.1, -0.05) is 0 Å². The number of hydrogen-bond donors (Lipinski definition) is 1. The highest BCUT2D eigenvalue weighted by molar-refractivity contribution is 5.68. The summed E-state index contributed by atoms with van der Waals surface area (Å²) in [5, 5.41) is 3.40. The Morgan fingerprint density at radius 2 is 1.80 bits per heavy atom. The van der Waals surface area contributed by atoms with Crippen LogP contribution in [-0.4, -0.2) is 41.8 Å². The molecule has 2 unspecified atom stereocenters. The van der Waals surface area contributed by atoms with Gasteiger partial charge in [-0.3, -0.25) is 0 Å². The van der Waals surface area contributed by atoms with Gasteiger partial charge in [-0.15, -0.1) is 0 Å².